The van der Waals surface area contributed by atoms with Crippen LogP contribution < -0.4 is 0 Å². The van der Waals surface area contributed by atoms with Crippen LogP contribution >= 0.6 is 0 Å². The lowest BCUT2D eigenvalue weighted by Crippen LogP contribution is -2.73. The highest BCUT2D eigenvalue weighted by atomic mass is 16.6. The summed E-state index contributed by atoms with van der Waals surface area (Å²) in [5.41, 5.74) is -7.53. The smallest absolute Gasteiger partial charge is 0.338 e. The molecule has 11 unspecified atom stereocenters. The highest BCUT2D eigenvalue weighted by Crippen LogP contribution is 2.75. The van der Waals surface area contributed by atoms with Gasteiger partial charge >= 0.3 is 29.8 Å². The molecule has 5 rings (SSSR count). The van der Waals surface area contributed by atoms with Gasteiger partial charge in [-0.3, -0.25) is 24.0 Å². The summed E-state index contributed by atoms with van der Waals surface area (Å²) in [6.07, 6.45) is -4.00. The number of hydrogen-bond acceptors (Lipinski definition) is 12. The van der Waals surface area contributed by atoms with Gasteiger partial charge in [-0.15, -0.1) is 0 Å². The first-order chi connectivity index (χ1) is 21.7. The molecule has 0 bridgehead atoms. The number of fused-ring (bicyclic) bond motifs is 4. The maximum absolute atomic E-state index is 14.3. The summed E-state index contributed by atoms with van der Waals surface area (Å²) < 4.78 is 30.0. The molecular formula is C35H44O12. The summed E-state index contributed by atoms with van der Waals surface area (Å²) in [6, 6.07) is 8.31. The first-order valence-corrected chi connectivity index (χ1v) is 16.0. The molecule has 47 heavy (non-hydrogen) atoms. The standard InChI is InChI=1S/C35H44O12/c1-18-14-34(42)26(27(18)45-29(41)23-12-10-9-11-13-23)28(43-19(2)36)32(7)17-35(47-22(5)39)24(33(32,8)30(34)44-20(3)37)15-31(6,16-25(35)40)46-21(4)38/h9-13,18,24,26-28,30,42H,14-17H2,1-8H3. The van der Waals surface area contributed by atoms with Crippen LogP contribution in [0.2, 0.25) is 0 Å². The fourth-order valence-electron chi connectivity index (χ4n) is 9.91. The number of Topliss-reactive ketones (excluding diaryl/α,β-unsaturated/α-hetero) is 1. The Morgan fingerprint density at radius 3 is 1.96 bits per heavy atom. The molecule has 0 saturated heterocycles. The third-order valence-electron chi connectivity index (χ3n) is 11.4. The van der Waals surface area contributed by atoms with Gasteiger partial charge in [0.2, 0.25) is 0 Å². The normalized spacial score (nSPS) is 41.9. The Kier molecular flexibility index (Phi) is 8.39. The molecule has 12 heteroatoms. The fourth-order valence-corrected chi connectivity index (χ4v) is 9.91. The van der Waals surface area contributed by atoms with E-state index in [9.17, 15) is 33.9 Å². The van der Waals surface area contributed by atoms with Gasteiger partial charge in [-0.05, 0) is 37.8 Å². The van der Waals surface area contributed by atoms with Crippen molar-refractivity contribution in [3.8, 4) is 0 Å². The van der Waals surface area contributed by atoms with Crippen molar-refractivity contribution in [2.45, 2.75) is 116 Å². The summed E-state index contributed by atoms with van der Waals surface area (Å²) in [6.45, 7) is 11.7. The molecule has 4 saturated carbocycles. The van der Waals surface area contributed by atoms with Gasteiger partial charge in [0.25, 0.3) is 0 Å². The predicted molar refractivity (Wildman–Crippen MR) is 162 cm³/mol. The maximum atomic E-state index is 14.3. The number of rotatable bonds is 6. The molecule has 0 aliphatic heterocycles. The van der Waals surface area contributed by atoms with E-state index in [4.69, 9.17) is 23.7 Å². The molecule has 0 amide bonds. The van der Waals surface area contributed by atoms with Gasteiger partial charge in [0.15, 0.2) is 11.4 Å². The summed E-state index contributed by atoms with van der Waals surface area (Å²) in [5, 5.41) is 12.9. The van der Waals surface area contributed by atoms with E-state index in [-0.39, 0.29) is 31.2 Å². The lowest BCUT2D eigenvalue weighted by Gasteiger charge is -2.62. The Morgan fingerprint density at radius 1 is 0.809 bits per heavy atom. The Morgan fingerprint density at radius 2 is 1.40 bits per heavy atom. The fraction of sp³-hybridized carbons (Fsp3) is 0.657. The molecule has 4 fully saturated rings. The Bertz CT molecular complexity index is 1510. The van der Waals surface area contributed by atoms with Crippen LogP contribution in [-0.2, 0) is 47.7 Å². The number of ether oxygens (including phenoxy) is 5. The molecule has 0 aromatic heterocycles. The van der Waals surface area contributed by atoms with Crippen molar-refractivity contribution < 1.29 is 57.6 Å². The minimum atomic E-state index is -1.94. The van der Waals surface area contributed by atoms with E-state index in [1.54, 1.807) is 58.0 Å². The van der Waals surface area contributed by atoms with Gasteiger partial charge in [-0.1, -0.05) is 39.0 Å². The van der Waals surface area contributed by atoms with Gasteiger partial charge in [-0.25, -0.2) is 4.79 Å². The summed E-state index contributed by atoms with van der Waals surface area (Å²) in [7, 11) is 0. The number of carbonyl (C=O) groups is 6. The van der Waals surface area contributed by atoms with Crippen molar-refractivity contribution in [3.05, 3.63) is 35.9 Å². The molecule has 0 spiro atoms. The zero-order chi connectivity index (χ0) is 34.9. The SMILES string of the molecule is CC(=O)OC1C2C(OC(=O)c3ccccc3)C(C)CC2(O)C(OC(C)=O)C2(C)C3CC(C)(OC(C)=O)CC(=O)C3(OC(C)=O)CC12C. The van der Waals surface area contributed by atoms with E-state index < -0.39 is 99.3 Å². The molecule has 1 aromatic rings. The van der Waals surface area contributed by atoms with Crippen molar-refractivity contribution in [2.24, 2.45) is 28.6 Å². The second-order valence-corrected chi connectivity index (χ2v) is 14.7. The van der Waals surface area contributed by atoms with Crippen molar-refractivity contribution >= 4 is 35.6 Å². The number of esters is 5. The number of hydrogen-bond donors (Lipinski definition) is 1. The molecule has 0 heterocycles. The molecule has 12 nitrogen and oxygen atoms in total. The van der Waals surface area contributed by atoms with Crippen LogP contribution in [0.3, 0.4) is 0 Å². The van der Waals surface area contributed by atoms with Crippen molar-refractivity contribution in [1.29, 1.82) is 0 Å². The molecule has 4 aliphatic carbocycles. The maximum Gasteiger partial charge on any atom is 0.338 e. The van der Waals surface area contributed by atoms with Gasteiger partial charge in [0, 0.05) is 50.9 Å². The van der Waals surface area contributed by atoms with Gasteiger partial charge in [-0.2, -0.15) is 0 Å². The van der Waals surface area contributed by atoms with Crippen LogP contribution in [-0.4, -0.2) is 75.9 Å². The van der Waals surface area contributed by atoms with E-state index in [1.807, 2.05) is 0 Å². The van der Waals surface area contributed by atoms with Crippen molar-refractivity contribution in [3.63, 3.8) is 0 Å². The number of benzene rings is 1. The number of aliphatic hydroxyl groups is 1. The lowest BCUT2D eigenvalue weighted by molar-refractivity contribution is -0.287. The predicted octanol–water partition coefficient (Wildman–Crippen LogP) is 3.50. The lowest BCUT2D eigenvalue weighted by atomic mass is 9.46. The number of ketones is 1. The first kappa shape index (κ1) is 34.5. The van der Waals surface area contributed by atoms with Gasteiger partial charge < -0.3 is 28.8 Å². The van der Waals surface area contributed by atoms with Crippen LogP contribution in [0.25, 0.3) is 0 Å². The van der Waals surface area contributed by atoms with Crippen LogP contribution in [0.4, 0.5) is 0 Å². The average Bonchev–Trinajstić information content (AvgIpc) is 3.30. The summed E-state index contributed by atoms with van der Waals surface area (Å²) in [5.74, 6) is -6.49. The van der Waals surface area contributed by atoms with Gasteiger partial charge in [0.05, 0.1) is 17.9 Å². The topological polar surface area (TPSA) is 169 Å². The third kappa shape index (κ3) is 5.23. The van der Waals surface area contributed by atoms with Gasteiger partial charge in [0.1, 0.15) is 29.5 Å². The molecule has 1 aromatic carbocycles. The molecular weight excluding hydrogens is 612 g/mol. The summed E-state index contributed by atoms with van der Waals surface area (Å²) in [4.78, 5) is 78.5. The molecule has 1 N–H and O–H groups in total. The zero-order valence-electron chi connectivity index (χ0n) is 28.1. The molecule has 4 aliphatic rings. The summed E-state index contributed by atoms with van der Waals surface area (Å²) >= 11 is 0. The minimum Gasteiger partial charge on any atom is -0.461 e. The van der Waals surface area contributed by atoms with Crippen LogP contribution in [0.1, 0.15) is 91.4 Å². The second-order valence-electron chi connectivity index (χ2n) is 14.7. The van der Waals surface area contributed by atoms with Crippen molar-refractivity contribution in [1.82, 2.24) is 0 Å². The molecule has 0 radical (unpaired) electrons. The Balaban J connectivity index is 1.75. The Hall–Kier alpha value is -3.80. The van der Waals surface area contributed by atoms with E-state index in [0.717, 1.165) is 0 Å². The van der Waals surface area contributed by atoms with E-state index >= 15 is 0 Å². The monoisotopic (exact) mass is 656 g/mol. The van der Waals surface area contributed by atoms with E-state index in [1.165, 1.54) is 27.7 Å². The van der Waals surface area contributed by atoms with Crippen LogP contribution in [0.15, 0.2) is 30.3 Å². The highest BCUT2D eigenvalue weighted by molar-refractivity contribution is 5.93. The molecule has 11 atom stereocenters. The van der Waals surface area contributed by atoms with E-state index in [2.05, 4.69) is 0 Å². The Labute approximate surface area is 273 Å². The van der Waals surface area contributed by atoms with E-state index in [0.29, 0.717) is 0 Å². The van der Waals surface area contributed by atoms with Crippen LogP contribution in [0, 0.1) is 28.6 Å². The van der Waals surface area contributed by atoms with Crippen LogP contribution in [0.5, 0.6) is 0 Å². The highest BCUT2D eigenvalue weighted by Gasteiger charge is 2.85. The second kappa shape index (κ2) is 11.4. The minimum absolute atomic E-state index is 0.00493. The van der Waals surface area contributed by atoms with Crippen molar-refractivity contribution in [2.75, 3.05) is 0 Å². The number of carbonyl (C=O) groups excluding carboxylic acids is 6. The molecule has 256 valence electrons. The average molecular weight is 657 g/mol. The first-order valence-electron chi connectivity index (χ1n) is 16.0. The largest absolute Gasteiger partial charge is 0.461 e. The quantitative estimate of drug-likeness (QED) is 0.350. The zero-order valence-corrected chi connectivity index (χ0v) is 28.1. The third-order valence-corrected chi connectivity index (χ3v) is 11.4.